The average molecular weight is 812 g/mol. The lowest BCUT2D eigenvalue weighted by molar-refractivity contribution is -0.151. The van der Waals surface area contributed by atoms with E-state index in [2.05, 4.69) is 26.4 Å². The number of hydrogen-bond donors (Lipinski definition) is 3. The van der Waals surface area contributed by atoms with Gasteiger partial charge in [-0.3, -0.25) is 28.9 Å². The molecule has 7 atom stereocenters. The van der Waals surface area contributed by atoms with Gasteiger partial charge in [0.1, 0.15) is 22.6 Å². The molecule has 0 saturated carbocycles. The Morgan fingerprint density at radius 1 is 1.09 bits per heavy atom. The molecule has 1 fully saturated rings. The van der Waals surface area contributed by atoms with E-state index in [-0.39, 0.29) is 54.9 Å². The smallest absolute Gasteiger partial charge is 0.306 e. The zero-order chi connectivity index (χ0) is 42.2. The molecule has 2 aromatic rings. The number of aliphatic carboxylic acids is 1. The van der Waals surface area contributed by atoms with Crippen molar-refractivity contribution in [1.29, 1.82) is 0 Å². The van der Waals surface area contributed by atoms with E-state index in [1.165, 1.54) is 37.3 Å². The SMILES string of the molecule is C#CCCCCN(C(=O)[C@H](C(=O)N[C@H]1CCCCN1C)[C@@H](C)CC)[C@H](C[C@@H](OC(C)=O)c1nc(NC(=O)[C@@H](Cc2ccc(F)cc2)C[C@H](C)C(=O)O)cs1)C(C)C. The maximum atomic E-state index is 14.8. The number of hydrogen-bond acceptors (Lipinski definition) is 9. The summed E-state index contributed by atoms with van der Waals surface area (Å²) in [6.45, 7) is 11.9. The van der Waals surface area contributed by atoms with Crippen molar-refractivity contribution in [3.05, 3.63) is 46.0 Å². The minimum absolute atomic E-state index is 0.0416. The molecule has 3 N–H and O–H groups in total. The van der Waals surface area contributed by atoms with Crippen LogP contribution in [0.5, 0.6) is 0 Å². The number of unbranched alkanes of at least 4 members (excludes halogenated alkanes) is 2. The van der Waals surface area contributed by atoms with Gasteiger partial charge in [0.15, 0.2) is 6.10 Å². The van der Waals surface area contributed by atoms with Crippen molar-refractivity contribution in [2.75, 3.05) is 25.5 Å². The average Bonchev–Trinajstić information content (AvgIpc) is 3.63. The number of rotatable bonds is 22. The molecule has 3 rings (SSSR count). The number of carboxylic acids is 1. The van der Waals surface area contributed by atoms with Gasteiger partial charge in [0.25, 0.3) is 0 Å². The van der Waals surface area contributed by atoms with Crippen LogP contribution in [0.15, 0.2) is 29.6 Å². The lowest BCUT2D eigenvalue weighted by Crippen LogP contribution is -2.56. The fraction of sp³-hybridized carbons (Fsp3) is 0.628. The van der Waals surface area contributed by atoms with Crippen LogP contribution in [0.4, 0.5) is 10.2 Å². The Hall–Kier alpha value is -4.35. The van der Waals surface area contributed by atoms with Crippen molar-refractivity contribution >= 4 is 46.8 Å². The number of likely N-dealkylation sites (tertiary alicyclic amines) is 1. The number of carbonyl (C=O) groups excluding carboxylic acids is 4. The van der Waals surface area contributed by atoms with Gasteiger partial charge >= 0.3 is 11.9 Å². The van der Waals surface area contributed by atoms with E-state index < -0.39 is 53.6 Å². The van der Waals surface area contributed by atoms with Crippen LogP contribution in [0.2, 0.25) is 0 Å². The molecule has 1 saturated heterocycles. The highest BCUT2D eigenvalue weighted by Crippen LogP contribution is 2.34. The Morgan fingerprint density at radius 2 is 1.79 bits per heavy atom. The van der Waals surface area contributed by atoms with Crippen molar-refractivity contribution in [2.45, 2.75) is 124 Å². The molecule has 0 radical (unpaired) electrons. The number of thiazole rings is 1. The third-order valence-corrected chi connectivity index (χ3v) is 11.8. The number of ether oxygens (including phenoxy) is 1. The number of esters is 1. The first-order valence-electron chi connectivity index (χ1n) is 20.2. The summed E-state index contributed by atoms with van der Waals surface area (Å²) in [5, 5.41) is 17.6. The van der Waals surface area contributed by atoms with Crippen LogP contribution in [-0.4, -0.2) is 81.9 Å². The Labute approximate surface area is 341 Å². The molecule has 0 unspecified atom stereocenters. The second-order valence-electron chi connectivity index (χ2n) is 15.8. The molecule has 0 aliphatic carbocycles. The molecular weight excluding hydrogens is 750 g/mol. The van der Waals surface area contributed by atoms with Gasteiger partial charge in [-0.05, 0) is 88.1 Å². The molecule has 1 aliphatic heterocycles. The van der Waals surface area contributed by atoms with Gasteiger partial charge in [0.05, 0.1) is 12.1 Å². The number of terminal acetylenes is 1. The van der Waals surface area contributed by atoms with Crippen LogP contribution in [0.25, 0.3) is 0 Å². The molecule has 1 aromatic heterocycles. The number of anilines is 1. The number of amides is 3. The van der Waals surface area contributed by atoms with Crippen LogP contribution in [0.1, 0.15) is 116 Å². The van der Waals surface area contributed by atoms with Crippen molar-refractivity contribution in [2.24, 2.45) is 29.6 Å². The minimum Gasteiger partial charge on any atom is -0.481 e. The quantitative estimate of drug-likeness (QED) is 0.0490. The summed E-state index contributed by atoms with van der Waals surface area (Å²) < 4.78 is 19.5. The van der Waals surface area contributed by atoms with E-state index >= 15 is 0 Å². The van der Waals surface area contributed by atoms with Crippen LogP contribution < -0.4 is 10.6 Å². The summed E-state index contributed by atoms with van der Waals surface area (Å²) >= 11 is 1.18. The van der Waals surface area contributed by atoms with Gasteiger partial charge in [-0.25, -0.2) is 9.37 Å². The van der Waals surface area contributed by atoms with E-state index in [1.807, 2.05) is 34.7 Å². The molecule has 0 bridgehead atoms. The van der Waals surface area contributed by atoms with E-state index in [9.17, 15) is 33.5 Å². The molecule has 0 spiro atoms. The second kappa shape index (κ2) is 23.2. The highest BCUT2D eigenvalue weighted by molar-refractivity contribution is 7.10. The number of carboxylic acid groups (broad SMARTS) is 1. The van der Waals surface area contributed by atoms with E-state index in [4.69, 9.17) is 11.2 Å². The first-order valence-corrected chi connectivity index (χ1v) is 21.1. The largest absolute Gasteiger partial charge is 0.481 e. The Bertz CT molecular complexity index is 1680. The Morgan fingerprint density at radius 3 is 2.39 bits per heavy atom. The van der Waals surface area contributed by atoms with E-state index in [1.54, 1.807) is 22.4 Å². The molecule has 14 heteroatoms. The highest BCUT2D eigenvalue weighted by atomic mass is 32.1. The van der Waals surface area contributed by atoms with Crippen molar-refractivity contribution in [3.8, 4) is 12.3 Å². The van der Waals surface area contributed by atoms with Crippen molar-refractivity contribution < 1.29 is 38.2 Å². The molecule has 2 heterocycles. The Kier molecular flexibility index (Phi) is 19.1. The summed E-state index contributed by atoms with van der Waals surface area (Å²) in [4.78, 5) is 75.3. The van der Waals surface area contributed by atoms with Gasteiger partial charge in [0.2, 0.25) is 17.7 Å². The number of benzene rings is 1. The summed E-state index contributed by atoms with van der Waals surface area (Å²) in [5.74, 6) is -3.04. The fourth-order valence-corrected chi connectivity index (χ4v) is 8.09. The zero-order valence-electron chi connectivity index (χ0n) is 34.6. The normalized spacial score (nSPS) is 17.6. The fourth-order valence-electron chi connectivity index (χ4n) is 7.30. The van der Waals surface area contributed by atoms with Gasteiger partial charge < -0.3 is 25.4 Å². The van der Waals surface area contributed by atoms with Gasteiger partial charge in [-0.2, -0.15) is 0 Å². The molecule has 3 amide bonds. The number of nitrogens with one attached hydrogen (secondary N) is 2. The summed E-state index contributed by atoms with van der Waals surface area (Å²) in [7, 11) is 1.98. The first-order chi connectivity index (χ1) is 27.1. The first kappa shape index (κ1) is 47.0. The molecule has 12 nitrogen and oxygen atoms in total. The molecule has 1 aromatic carbocycles. The predicted molar refractivity (Wildman–Crippen MR) is 219 cm³/mol. The summed E-state index contributed by atoms with van der Waals surface area (Å²) in [6.07, 6.45) is 10.2. The molecule has 1 aliphatic rings. The van der Waals surface area contributed by atoms with Crippen LogP contribution >= 0.6 is 11.3 Å². The predicted octanol–water partition coefficient (Wildman–Crippen LogP) is 7.06. The third kappa shape index (κ3) is 14.5. The number of aromatic nitrogens is 1. The van der Waals surface area contributed by atoms with Crippen LogP contribution in [-0.2, 0) is 35.1 Å². The maximum absolute atomic E-state index is 14.8. The van der Waals surface area contributed by atoms with E-state index in [0.717, 1.165) is 25.8 Å². The second-order valence-corrected chi connectivity index (χ2v) is 16.7. The lowest BCUT2D eigenvalue weighted by atomic mass is 9.87. The monoisotopic (exact) mass is 811 g/mol. The lowest BCUT2D eigenvalue weighted by Gasteiger charge is -2.40. The van der Waals surface area contributed by atoms with Crippen molar-refractivity contribution in [1.82, 2.24) is 20.1 Å². The maximum Gasteiger partial charge on any atom is 0.306 e. The van der Waals surface area contributed by atoms with Crippen LogP contribution in [0, 0.1) is 47.8 Å². The summed E-state index contributed by atoms with van der Waals surface area (Å²) in [6, 6.07) is 5.24. The number of carbonyl (C=O) groups is 5. The van der Waals surface area contributed by atoms with Gasteiger partial charge in [-0.15, -0.1) is 23.7 Å². The molecular formula is C43H62FN5O7S. The van der Waals surface area contributed by atoms with Gasteiger partial charge in [0, 0.05) is 43.6 Å². The van der Waals surface area contributed by atoms with E-state index in [0.29, 0.717) is 42.8 Å². The molecule has 314 valence electrons. The minimum atomic E-state index is -1.04. The Balaban J connectivity index is 1.93. The number of halogens is 1. The molecule has 57 heavy (non-hydrogen) atoms. The topological polar surface area (TPSA) is 158 Å². The van der Waals surface area contributed by atoms with Crippen LogP contribution in [0.3, 0.4) is 0 Å². The summed E-state index contributed by atoms with van der Waals surface area (Å²) in [5.41, 5.74) is 0.676. The highest BCUT2D eigenvalue weighted by Gasteiger charge is 2.40. The van der Waals surface area contributed by atoms with Crippen molar-refractivity contribution in [3.63, 3.8) is 0 Å². The number of nitrogens with zero attached hydrogens (tertiary/aromatic N) is 3. The third-order valence-electron chi connectivity index (χ3n) is 10.9. The standard InChI is InChI=1S/C43H62FN5O7S/c1-9-11-12-14-22-49(42(53)38(28(5)10-2)40(52)47-37-16-13-15-21-48(37)8)34(27(3)4)25-35(56-30(7)50)41-46-36(26-57-41)45-39(51)32(23-29(6)43(54)55)24-31-17-19-33(44)20-18-31/h1,17-20,26-29,32,34-35,37-38H,10-16,21-25H2,2-8H3,(H,45,51)(H,47,52)(H,54,55)/t28-,29-,32+,34+,35+,37+,38-/m0/s1. The number of piperidine rings is 1. The van der Waals surface area contributed by atoms with Gasteiger partial charge in [-0.1, -0.05) is 53.2 Å². The zero-order valence-corrected chi connectivity index (χ0v) is 35.4.